The molecule has 0 saturated heterocycles. The van der Waals surface area contributed by atoms with Crippen LogP contribution in [0.15, 0.2) is 48.7 Å². The summed E-state index contributed by atoms with van der Waals surface area (Å²) in [5.74, 6) is 0.280. The van der Waals surface area contributed by atoms with Crippen LogP contribution in [-0.4, -0.2) is 28.7 Å². The van der Waals surface area contributed by atoms with E-state index in [0.717, 1.165) is 11.4 Å². The largest absolute Gasteiger partial charge is 0.497 e. The number of methoxy groups -OCH3 is 1. The zero-order chi connectivity index (χ0) is 21.0. The van der Waals surface area contributed by atoms with E-state index >= 15 is 0 Å². The van der Waals surface area contributed by atoms with Crippen LogP contribution in [0.25, 0.3) is 5.69 Å². The average molecular weight is 413 g/mol. The van der Waals surface area contributed by atoms with Crippen LogP contribution in [0.1, 0.15) is 29.4 Å². The van der Waals surface area contributed by atoms with Gasteiger partial charge in [-0.25, -0.2) is 4.68 Å². The molecule has 3 rings (SSSR count). The second-order valence-electron chi connectivity index (χ2n) is 6.34. The van der Waals surface area contributed by atoms with Crippen LogP contribution < -0.4 is 15.4 Å². The maximum absolute atomic E-state index is 12.8. The summed E-state index contributed by atoms with van der Waals surface area (Å²) in [7, 11) is 1.60. The van der Waals surface area contributed by atoms with E-state index in [1.165, 1.54) is 6.20 Å². The summed E-state index contributed by atoms with van der Waals surface area (Å²) in [6, 6.07) is 12.3. The van der Waals surface area contributed by atoms with E-state index in [-0.39, 0.29) is 11.8 Å². The molecule has 3 aromatic rings. The number of rotatable bonds is 6. The van der Waals surface area contributed by atoms with Crippen molar-refractivity contribution < 1.29 is 14.3 Å². The summed E-state index contributed by atoms with van der Waals surface area (Å²) in [4.78, 5) is 24.4. The fraction of sp³-hybridized carbons (Fsp3) is 0.190. The molecule has 29 heavy (non-hydrogen) atoms. The molecule has 0 bridgehead atoms. The molecular formula is C21H21ClN4O3. The van der Waals surface area contributed by atoms with Gasteiger partial charge in [0.05, 0.1) is 30.3 Å². The van der Waals surface area contributed by atoms with E-state index in [1.54, 1.807) is 36.9 Å². The smallest absolute Gasteiger partial charge is 0.259 e. The summed E-state index contributed by atoms with van der Waals surface area (Å²) < 4.78 is 6.84. The molecule has 8 heteroatoms. The van der Waals surface area contributed by atoms with E-state index in [0.29, 0.717) is 34.1 Å². The third-order valence-corrected chi connectivity index (χ3v) is 4.55. The number of aromatic nitrogens is 2. The molecule has 2 N–H and O–H groups in total. The highest BCUT2D eigenvalue weighted by molar-refractivity contribution is 6.31. The Morgan fingerprint density at radius 1 is 1.10 bits per heavy atom. The lowest BCUT2D eigenvalue weighted by Crippen LogP contribution is -2.14. The molecule has 0 aliphatic heterocycles. The Bertz CT molecular complexity index is 1040. The fourth-order valence-electron chi connectivity index (χ4n) is 2.80. The molecule has 0 saturated carbocycles. The minimum absolute atomic E-state index is 0.138. The average Bonchev–Trinajstić information content (AvgIpc) is 3.09. The van der Waals surface area contributed by atoms with Crippen molar-refractivity contribution in [2.45, 2.75) is 20.3 Å². The van der Waals surface area contributed by atoms with Gasteiger partial charge in [0.1, 0.15) is 5.75 Å². The number of nitrogens with zero attached hydrogens (tertiary/aromatic N) is 2. The molecule has 2 aromatic carbocycles. The third kappa shape index (κ3) is 4.75. The van der Waals surface area contributed by atoms with Crippen LogP contribution in [0.4, 0.5) is 11.4 Å². The van der Waals surface area contributed by atoms with Crippen molar-refractivity contribution >= 4 is 34.8 Å². The van der Waals surface area contributed by atoms with Gasteiger partial charge in [0.2, 0.25) is 5.91 Å². The molecule has 1 aromatic heterocycles. The van der Waals surface area contributed by atoms with E-state index < -0.39 is 0 Å². The van der Waals surface area contributed by atoms with Gasteiger partial charge in [-0.15, -0.1) is 0 Å². The number of nitrogens with one attached hydrogen (secondary N) is 2. The molecule has 2 amide bonds. The zero-order valence-electron chi connectivity index (χ0n) is 16.3. The Kier molecular flexibility index (Phi) is 6.19. The van der Waals surface area contributed by atoms with Crippen molar-refractivity contribution in [1.29, 1.82) is 0 Å². The van der Waals surface area contributed by atoms with Gasteiger partial charge in [0.15, 0.2) is 0 Å². The number of halogens is 1. The maximum Gasteiger partial charge on any atom is 0.259 e. The van der Waals surface area contributed by atoms with Crippen molar-refractivity contribution in [3.8, 4) is 11.4 Å². The van der Waals surface area contributed by atoms with Crippen molar-refractivity contribution in [1.82, 2.24) is 9.78 Å². The topological polar surface area (TPSA) is 85.3 Å². The van der Waals surface area contributed by atoms with Crippen LogP contribution in [0.2, 0.25) is 5.02 Å². The van der Waals surface area contributed by atoms with E-state index in [2.05, 4.69) is 15.7 Å². The molecule has 1 heterocycles. The molecule has 0 unspecified atom stereocenters. The van der Waals surface area contributed by atoms with Gasteiger partial charge in [0, 0.05) is 22.8 Å². The third-order valence-electron chi connectivity index (χ3n) is 4.33. The Hall–Kier alpha value is -3.32. The standard InChI is InChI=1S/C21H21ClN4O3/c1-4-20(27)24-15-9-14(22)10-16(11-15)25-21(28)19-12-23-26(13(19)2)17-5-7-18(29-3)8-6-17/h5-12H,4H2,1-3H3,(H,24,27)(H,25,28). The van der Waals surface area contributed by atoms with Crippen molar-refractivity contribution in [3.63, 3.8) is 0 Å². The lowest BCUT2D eigenvalue weighted by Gasteiger charge is -2.10. The first-order valence-corrected chi connectivity index (χ1v) is 9.40. The van der Waals surface area contributed by atoms with E-state index in [9.17, 15) is 9.59 Å². The zero-order valence-corrected chi connectivity index (χ0v) is 17.1. The van der Waals surface area contributed by atoms with E-state index in [1.807, 2.05) is 31.2 Å². The molecule has 0 aliphatic carbocycles. The Balaban J connectivity index is 1.81. The number of carbonyl (C=O) groups is 2. The fourth-order valence-corrected chi connectivity index (χ4v) is 3.03. The summed E-state index contributed by atoms with van der Waals surface area (Å²) in [5, 5.41) is 10.3. The first kappa shape index (κ1) is 20.4. The molecule has 0 radical (unpaired) electrons. The minimum atomic E-state index is -0.322. The quantitative estimate of drug-likeness (QED) is 0.626. The second-order valence-corrected chi connectivity index (χ2v) is 6.77. The molecule has 0 spiro atoms. The van der Waals surface area contributed by atoms with Crippen LogP contribution in [0.3, 0.4) is 0 Å². The van der Waals surface area contributed by atoms with Crippen molar-refractivity contribution in [2.24, 2.45) is 0 Å². The van der Waals surface area contributed by atoms with Crippen LogP contribution >= 0.6 is 11.6 Å². The molecule has 0 fully saturated rings. The summed E-state index contributed by atoms with van der Waals surface area (Å²) in [6.45, 7) is 3.57. The predicted octanol–water partition coefficient (Wildman–Crippen LogP) is 4.44. The number of hydrogen-bond acceptors (Lipinski definition) is 4. The molecule has 0 aliphatic rings. The van der Waals surface area contributed by atoms with Gasteiger partial charge < -0.3 is 15.4 Å². The van der Waals surface area contributed by atoms with Gasteiger partial charge in [-0.2, -0.15) is 5.10 Å². The Labute approximate surface area is 173 Å². The van der Waals surface area contributed by atoms with Crippen LogP contribution in [-0.2, 0) is 4.79 Å². The lowest BCUT2D eigenvalue weighted by atomic mass is 10.2. The number of anilines is 2. The summed E-state index contributed by atoms with van der Waals surface area (Å²) in [6.07, 6.45) is 1.86. The Morgan fingerprint density at radius 2 is 1.76 bits per heavy atom. The second kappa shape index (κ2) is 8.79. The first-order chi connectivity index (χ1) is 13.9. The number of carbonyl (C=O) groups excluding carboxylic acids is 2. The molecule has 7 nitrogen and oxygen atoms in total. The lowest BCUT2D eigenvalue weighted by molar-refractivity contribution is -0.115. The van der Waals surface area contributed by atoms with Crippen LogP contribution in [0.5, 0.6) is 5.75 Å². The summed E-state index contributed by atoms with van der Waals surface area (Å²) in [5.41, 5.74) is 2.93. The highest BCUT2D eigenvalue weighted by Crippen LogP contribution is 2.24. The Morgan fingerprint density at radius 3 is 2.38 bits per heavy atom. The highest BCUT2D eigenvalue weighted by Gasteiger charge is 2.16. The molecule has 0 atom stereocenters. The van der Waals surface area contributed by atoms with Gasteiger partial charge in [-0.3, -0.25) is 9.59 Å². The normalized spacial score (nSPS) is 10.5. The number of hydrogen-bond donors (Lipinski definition) is 2. The monoisotopic (exact) mass is 412 g/mol. The minimum Gasteiger partial charge on any atom is -0.497 e. The maximum atomic E-state index is 12.8. The van der Waals surface area contributed by atoms with Gasteiger partial charge in [0.25, 0.3) is 5.91 Å². The van der Waals surface area contributed by atoms with Crippen molar-refractivity contribution in [3.05, 3.63) is 64.9 Å². The number of ether oxygens (including phenoxy) is 1. The van der Waals surface area contributed by atoms with Gasteiger partial charge in [-0.1, -0.05) is 18.5 Å². The predicted molar refractivity (Wildman–Crippen MR) is 113 cm³/mol. The molecule has 150 valence electrons. The van der Waals surface area contributed by atoms with Crippen molar-refractivity contribution in [2.75, 3.05) is 17.7 Å². The summed E-state index contributed by atoms with van der Waals surface area (Å²) >= 11 is 6.12. The van der Waals surface area contributed by atoms with Gasteiger partial charge in [-0.05, 0) is 49.4 Å². The highest BCUT2D eigenvalue weighted by atomic mass is 35.5. The van der Waals surface area contributed by atoms with Gasteiger partial charge >= 0.3 is 0 Å². The molecular weight excluding hydrogens is 392 g/mol. The van der Waals surface area contributed by atoms with E-state index in [4.69, 9.17) is 16.3 Å². The SMILES string of the molecule is CCC(=O)Nc1cc(Cl)cc(NC(=O)c2cnn(-c3ccc(OC)cc3)c2C)c1. The first-order valence-electron chi connectivity index (χ1n) is 9.02. The van der Waals surface area contributed by atoms with Crippen LogP contribution in [0, 0.1) is 6.92 Å². The number of amides is 2. The number of benzene rings is 2.